The molecule has 3 rings (SSSR count). The number of rotatable bonds is 10. The standard InChI is InChI=1S/C24H32N4O6S/c1-5-6-15-32-24(29)28-13-11-20(12-14-28)33-22-17(2)23(26-16-25-22)34-27-18(3)19-7-9-21(10-8-19)35(4,30)31/h7-10,16,20,27H,3,5-6,11-15H2,1-2,4H3. The van der Waals surface area contributed by atoms with Crippen molar-refractivity contribution >= 4 is 21.6 Å². The maximum Gasteiger partial charge on any atom is 0.409 e. The van der Waals surface area contributed by atoms with Gasteiger partial charge in [0.1, 0.15) is 12.4 Å². The first kappa shape index (κ1) is 26.3. The number of carbonyl (C=O) groups excluding carboxylic acids is 1. The average molecular weight is 505 g/mol. The van der Waals surface area contributed by atoms with Crippen molar-refractivity contribution in [3.8, 4) is 11.8 Å². The SMILES string of the molecule is C=C(NOc1ncnc(OC2CCN(C(=O)OCCCC)CC2)c1C)c1ccc(S(C)(=O)=O)cc1. The quantitative estimate of drug-likeness (QED) is 0.383. The molecule has 0 bridgehead atoms. The molecule has 1 amide bonds. The predicted molar refractivity (Wildman–Crippen MR) is 131 cm³/mol. The lowest BCUT2D eigenvalue weighted by molar-refractivity contribution is 0.0651. The molecule has 1 fully saturated rings. The zero-order valence-electron chi connectivity index (χ0n) is 20.3. The van der Waals surface area contributed by atoms with Gasteiger partial charge in [0.05, 0.1) is 22.8 Å². The first-order chi connectivity index (χ1) is 16.7. The molecule has 0 saturated carbocycles. The second-order valence-corrected chi connectivity index (χ2v) is 10.4. The Kier molecular flexibility index (Phi) is 8.91. The van der Waals surface area contributed by atoms with E-state index >= 15 is 0 Å². The molecular formula is C24H32N4O6S. The van der Waals surface area contributed by atoms with Crippen molar-refractivity contribution in [2.45, 2.75) is 50.5 Å². The summed E-state index contributed by atoms with van der Waals surface area (Å²) >= 11 is 0. The number of benzene rings is 1. The topological polar surface area (TPSA) is 120 Å². The van der Waals surface area contributed by atoms with E-state index in [9.17, 15) is 13.2 Å². The molecule has 2 heterocycles. The normalized spacial score (nSPS) is 14.3. The van der Waals surface area contributed by atoms with Gasteiger partial charge in [-0.1, -0.05) is 32.1 Å². The van der Waals surface area contributed by atoms with Crippen molar-refractivity contribution in [3.63, 3.8) is 0 Å². The first-order valence-electron chi connectivity index (χ1n) is 11.5. The van der Waals surface area contributed by atoms with E-state index in [1.165, 1.54) is 18.5 Å². The molecule has 1 aromatic carbocycles. The molecule has 35 heavy (non-hydrogen) atoms. The average Bonchev–Trinajstić information content (AvgIpc) is 2.84. The highest BCUT2D eigenvalue weighted by Gasteiger charge is 2.26. The summed E-state index contributed by atoms with van der Waals surface area (Å²) < 4.78 is 34.6. The van der Waals surface area contributed by atoms with Crippen LogP contribution in [0.3, 0.4) is 0 Å². The second kappa shape index (κ2) is 11.9. The van der Waals surface area contributed by atoms with Gasteiger partial charge >= 0.3 is 6.09 Å². The van der Waals surface area contributed by atoms with E-state index in [0.29, 0.717) is 55.2 Å². The molecule has 1 aromatic heterocycles. The van der Waals surface area contributed by atoms with E-state index in [4.69, 9.17) is 14.3 Å². The Labute approximate surface area is 206 Å². The van der Waals surface area contributed by atoms with Gasteiger partial charge in [0, 0.05) is 37.8 Å². The fourth-order valence-corrected chi connectivity index (χ4v) is 4.05. The summed E-state index contributed by atoms with van der Waals surface area (Å²) in [6, 6.07) is 6.30. The Morgan fingerprint density at radius 3 is 2.46 bits per heavy atom. The number of piperidine rings is 1. The molecule has 10 nitrogen and oxygen atoms in total. The van der Waals surface area contributed by atoms with Crippen molar-refractivity contribution < 1.29 is 27.5 Å². The summed E-state index contributed by atoms with van der Waals surface area (Å²) in [7, 11) is -3.27. The Balaban J connectivity index is 1.53. The Morgan fingerprint density at radius 1 is 1.17 bits per heavy atom. The molecule has 1 aliphatic rings. The maximum absolute atomic E-state index is 12.1. The van der Waals surface area contributed by atoms with Gasteiger partial charge in [0.25, 0.3) is 5.88 Å². The van der Waals surface area contributed by atoms with Crippen LogP contribution in [0.5, 0.6) is 11.8 Å². The Bertz CT molecular complexity index is 1130. The number of nitrogens with one attached hydrogen (secondary N) is 1. The third-order valence-electron chi connectivity index (χ3n) is 5.60. The summed E-state index contributed by atoms with van der Waals surface area (Å²) in [6.07, 6.45) is 5.32. The van der Waals surface area contributed by atoms with Crippen LogP contribution in [-0.2, 0) is 14.6 Å². The largest absolute Gasteiger partial charge is 0.474 e. The number of aromatic nitrogens is 2. The minimum Gasteiger partial charge on any atom is -0.474 e. The number of hydrogen-bond donors (Lipinski definition) is 1. The lowest BCUT2D eigenvalue weighted by Gasteiger charge is -2.31. The minimum atomic E-state index is -3.27. The number of nitrogens with zero attached hydrogens (tertiary/aromatic N) is 3. The second-order valence-electron chi connectivity index (χ2n) is 8.36. The number of sulfone groups is 1. The van der Waals surface area contributed by atoms with E-state index < -0.39 is 9.84 Å². The van der Waals surface area contributed by atoms with Crippen LogP contribution in [0.15, 0.2) is 42.1 Å². The smallest absolute Gasteiger partial charge is 0.409 e. The van der Waals surface area contributed by atoms with E-state index in [0.717, 1.165) is 19.1 Å². The van der Waals surface area contributed by atoms with Crippen molar-refractivity contribution in [1.29, 1.82) is 0 Å². The van der Waals surface area contributed by atoms with Crippen molar-refractivity contribution in [1.82, 2.24) is 20.3 Å². The number of likely N-dealkylation sites (tertiary alicyclic amines) is 1. The number of hydrogen-bond acceptors (Lipinski definition) is 9. The van der Waals surface area contributed by atoms with Gasteiger partial charge in [-0.2, -0.15) is 4.98 Å². The third-order valence-corrected chi connectivity index (χ3v) is 6.72. The van der Waals surface area contributed by atoms with E-state index in [1.54, 1.807) is 24.0 Å². The highest BCUT2D eigenvalue weighted by atomic mass is 32.2. The van der Waals surface area contributed by atoms with Gasteiger partial charge in [-0.3, -0.25) is 0 Å². The summed E-state index contributed by atoms with van der Waals surface area (Å²) in [6.45, 7) is 9.32. The minimum absolute atomic E-state index is 0.0903. The number of unbranched alkanes of at least 4 members (excludes halogenated alkanes) is 1. The molecule has 0 atom stereocenters. The van der Waals surface area contributed by atoms with Crippen molar-refractivity contribution in [2.75, 3.05) is 26.0 Å². The molecule has 0 radical (unpaired) electrons. The lowest BCUT2D eigenvalue weighted by Crippen LogP contribution is -2.42. The van der Waals surface area contributed by atoms with E-state index in [2.05, 4.69) is 29.0 Å². The number of hydroxylamine groups is 1. The fraction of sp³-hybridized carbons (Fsp3) is 0.458. The highest BCUT2D eigenvalue weighted by Crippen LogP contribution is 2.26. The van der Waals surface area contributed by atoms with Crippen LogP contribution in [0.4, 0.5) is 4.79 Å². The monoisotopic (exact) mass is 504 g/mol. The van der Waals surface area contributed by atoms with Crippen molar-refractivity contribution in [2.24, 2.45) is 0 Å². The van der Waals surface area contributed by atoms with Crippen LogP contribution in [0.2, 0.25) is 0 Å². The zero-order valence-corrected chi connectivity index (χ0v) is 21.1. The van der Waals surface area contributed by atoms with Gasteiger partial charge in [-0.25, -0.2) is 23.7 Å². The van der Waals surface area contributed by atoms with Crippen molar-refractivity contribution in [3.05, 3.63) is 48.3 Å². The first-order valence-corrected chi connectivity index (χ1v) is 13.4. The highest BCUT2D eigenvalue weighted by molar-refractivity contribution is 7.90. The lowest BCUT2D eigenvalue weighted by atomic mass is 10.1. The van der Waals surface area contributed by atoms with Gasteiger partial charge in [0.15, 0.2) is 9.84 Å². The molecule has 2 aromatic rings. The number of ether oxygens (including phenoxy) is 2. The molecular weight excluding hydrogens is 472 g/mol. The maximum atomic E-state index is 12.1. The molecule has 0 spiro atoms. The fourth-order valence-electron chi connectivity index (χ4n) is 3.42. The van der Waals surface area contributed by atoms with E-state index in [1.807, 2.05) is 0 Å². The number of amides is 1. The molecule has 11 heteroatoms. The molecule has 0 aliphatic carbocycles. The van der Waals surface area contributed by atoms with Gasteiger partial charge in [-0.05, 0) is 25.5 Å². The van der Waals surface area contributed by atoms with Crippen LogP contribution >= 0.6 is 0 Å². The Morgan fingerprint density at radius 2 is 1.83 bits per heavy atom. The summed E-state index contributed by atoms with van der Waals surface area (Å²) in [5.74, 6) is 0.685. The molecule has 1 aliphatic heterocycles. The summed E-state index contributed by atoms with van der Waals surface area (Å²) in [5.41, 5.74) is 4.45. The van der Waals surface area contributed by atoms with Gasteiger partial charge < -0.3 is 19.2 Å². The van der Waals surface area contributed by atoms with Crippen LogP contribution in [0.1, 0.15) is 43.7 Å². The van der Waals surface area contributed by atoms with Gasteiger partial charge in [-0.15, -0.1) is 0 Å². The van der Waals surface area contributed by atoms with Crippen LogP contribution in [0, 0.1) is 6.92 Å². The molecule has 0 unspecified atom stereocenters. The van der Waals surface area contributed by atoms with Gasteiger partial charge in [0.2, 0.25) is 5.88 Å². The summed E-state index contributed by atoms with van der Waals surface area (Å²) in [4.78, 5) is 28.0. The van der Waals surface area contributed by atoms with Crippen LogP contribution in [-0.4, -0.2) is 61.4 Å². The Hall–Kier alpha value is -3.34. The summed E-state index contributed by atoms with van der Waals surface area (Å²) in [5, 5.41) is 0. The molecule has 1 N–H and O–H groups in total. The van der Waals surface area contributed by atoms with Crippen LogP contribution in [0.25, 0.3) is 5.70 Å². The predicted octanol–water partition coefficient (Wildman–Crippen LogP) is 3.52. The molecule has 1 saturated heterocycles. The van der Waals surface area contributed by atoms with Crippen LogP contribution < -0.4 is 15.1 Å². The number of carbonyl (C=O) groups is 1. The molecule has 190 valence electrons. The zero-order chi connectivity index (χ0) is 25.4. The third kappa shape index (κ3) is 7.32. The van der Waals surface area contributed by atoms with E-state index in [-0.39, 0.29) is 23.0 Å².